The van der Waals surface area contributed by atoms with Crippen molar-refractivity contribution in [2.75, 3.05) is 13.1 Å². The first-order chi connectivity index (χ1) is 5.88. The zero-order chi connectivity index (χ0) is 8.39. The molecule has 2 fully saturated rings. The summed E-state index contributed by atoms with van der Waals surface area (Å²) >= 11 is 0. The summed E-state index contributed by atoms with van der Waals surface area (Å²) in [7, 11) is 0. The molecule has 0 bridgehead atoms. The van der Waals surface area contributed by atoms with E-state index in [0.717, 1.165) is 12.0 Å². The van der Waals surface area contributed by atoms with E-state index in [1.807, 2.05) is 0 Å². The Labute approximate surface area is 76.1 Å². The number of hydrogen-bond donors (Lipinski definition) is 0. The van der Waals surface area contributed by atoms with Crippen LogP contribution in [0.15, 0.2) is 0 Å². The van der Waals surface area contributed by atoms with Gasteiger partial charge in [0, 0.05) is 6.04 Å². The van der Waals surface area contributed by atoms with Crippen LogP contribution in [0.25, 0.3) is 0 Å². The SMILES string of the molecule is C[C@H]1CCCCC1N1CCCC1. The fourth-order valence-corrected chi connectivity index (χ4v) is 2.91. The van der Waals surface area contributed by atoms with E-state index in [9.17, 15) is 0 Å². The minimum absolute atomic E-state index is 0.946. The maximum atomic E-state index is 2.74. The Morgan fingerprint density at radius 2 is 1.58 bits per heavy atom. The molecular formula is C11H21N. The molecule has 0 spiro atoms. The van der Waals surface area contributed by atoms with Crippen LogP contribution >= 0.6 is 0 Å². The predicted molar refractivity (Wildman–Crippen MR) is 52.2 cm³/mol. The van der Waals surface area contributed by atoms with Gasteiger partial charge in [0.1, 0.15) is 0 Å². The van der Waals surface area contributed by atoms with Crippen LogP contribution in [0.1, 0.15) is 45.4 Å². The van der Waals surface area contributed by atoms with Gasteiger partial charge >= 0.3 is 0 Å². The van der Waals surface area contributed by atoms with Crippen molar-refractivity contribution < 1.29 is 0 Å². The van der Waals surface area contributed by atoms with E-state index in [1.54, 1.807) is 0 Å². The highest BCUT2D eigenvalue weighted by Crippen LogP contribution is 2.29. The lowest BCUT2D eigenvalue weighted by Crippen LogP contribution is -2.39. The normalized spacial score (nSPS) is 38.8. The first kappa shape index (κ1) is 8.55. The van der Waals surface area contributed by atoms with Gasteiger partial charge in [-0.05, 0) is 44.7 Å². The Bertz CT molecular complexity index is 138. The molecule has 1 heteroatoms. The molecule has 1 saturated carbocycles. The number of likely N-dealkylation sites (tertiary alicyclic amines) is 1. The zero-order valence-electron chi connectivity index (χ0n) is 8.26. The van der Waals surface area contributed by atoms with Crippen molar-refractivity contribution in [1.29, 1.82) is 0 Å². The molecule has 0 N–H and O–H groups in total. The van der Waals surface area contributed by atoms with Crippen LogP contribution in [-0.4, -0.2) is 24.0 Å². The van der Waals surface area contributed by atoms with Crippen molar-refractivity contribution >= 4 is 0 Å². The molecule has 1 nitrogen and oxygen atoms in total. The van der Waals surface area contributed by atoms with Gasteiger partial charge in [-0.3, -0.25) is 0 Å². The molecule has 1 aliphatic heterocycles. The van der Waals surface area contributed by atoms with Crippen LogP contribution in [0, 0.1) is 5.92 Å². The van der Waals surface area contributed by atoms with Gasteiger partial charge in [-0.1, -0.05) is 19.8 Å². The quantitative estimate of drug-likeness (QED) is 0.580. The van der Waals surface area contributed by atoms with Gasteiger partial charge in [-0.2, -0.15) is 0 Å². The van der Waals surface area contributed by atoms with Gasteiger partial charge in [0.2, 0.25) is 0 Å². The largest absolute Gasteiger partial charge is 0.300 e. The molecule has 1 heterocycles. The molecule has 0 radical (unpaired) electrons. The molecule has 2 aliphatic rings. The molecule has 0 aromatic heterocycles. The highest BCUT2D eigenvalue weighted by Gasteiger charge is 2.28. The predicted octanol–water partition coefficient (Wildman–Crippen LogP) is 2.66. The second-order valence-corrected chi connectivity index (χ2v) is 4.57. The first-order valence-corrected chi connectivity index (χ1v) is 5.62. The monoisotopic (exact) mass is 167 g/mol. The fourth-order valence-electron chi connectivity index (χ4n) is 2.91. The molecule has 0 amide bonds. The Hall–Kier alpha value is -0.0400. The second kappa shape index (κ2) is 3.78. The lowest BCUT2D eigenvalue weighted by atomic mass is 9.85. The Kier molecular flexibility index (Phi) is 2.69. The maximum absolute atomic E-state index is 2.74. The molecular weight excluding hydrogens is 146 g/mol. The summed E-state index contributed by atoms with van der Waals surface area (Å²) in [5, 5.41) is 0. The van der Waals surface area contributed by atoms with Crippen LogP contribution in [-0.2, 0) is 0 Å². The summed E-state index contributed by atoms with van der Waals surface area (Å²) in [6.07, 6.45) is 8.80. The van der Waals surface area contributed by atoms with Crippen molar-refractivity contribution in [3.63, 3.8) is 0 Å². The molecule has 12 heavy (non-hydrogen) atoms. The standard InChI is InChI=1S/C11H21N/c1-10-6-2-3-7-11(10)12-8-4-5-9-12/h10-11H,2-9H2,1H3/t10-,11?/m0/s1. The Morgan fingerprint density at radius 3 is 2.25 bits per heavy atom. The Morgan fingerprint density at radius 1 is 0.917 bits per heavy atom. The molecule has 2 rings (SSSR count). The van der Waals surface area contributed by atoms with Crippen LogP contribution in [0.5, 0.6) is 0 Å². The van der Waals surface area contributed by atoms with Crippen molar-refractivity contribution in [3.8, 4) is 0 Å². The summed E-state index contributed by atoms with van der Waals surface area (Å²) in [5.41, 5.74) is 0. The van der Waals surface area contributed by atoms with Crippen LogP contribution in [0.2, 0.25) is 0 Å². The van der Waals surface area contributed by atoms with Crippen molar-refractivity contribution in [2.45, 2.75) is 51.5 Å². The third-order valence-corrected chi connectivity index (χ3v) is 3.68. The number of nitrogens with zero attached hydrogens (tertiary/aromatic N) is 1. The van der Waals surface area contributed by atoms with E-state index in [-0.39, 0.29) is 0 Å². The summed E-state index contributed by atoms with van der Waals surface area (Å²) in [6.45, 7) is 5.21. The second-order valence-electron chi connectivity index (χ2n) is 4.57. The fraction of sp³-hybridized carbons (Fsp3) is 1.00. The minimum Gasteiger partial charge on any atom is -0.300 e. The van der Waals surface area contributed by atoms with E-state index in [0.29, 0.717) is 0 Å². The lowest BCUT2D eigenvalue weighted by molar-refractivity contribution is 0.138. The minimum atomic E-state index is 0.946. The van der Waals surface area contributed by atoms with Crippen molar-refractivity contribution in [2.24, 2.45) is 5.92 Å². The molecule has 70 valence electrons. The molecule has 1 aliphatic carbocycles. The van der Waals surface area contributed by atoms with E-state index in [4.69, 9.17) is 0 Å². The van der Waals surface area contributed by atoms with Gasteiger partial charge in [-0.15, -0.1) is 0 Å². The topological polar surface area (TPSA) is 3.24 Å². The van der Waals surface area contributed by atoms with Gasteiger partial charge in [0.05, 0.1) is 0 Å². The molecule has 0 aromatic rings. The van der Waals surface area contributed by atoms with E-state index in [1.165, 1.54) is 51.6 Å². The number of hydrogen-bond acceptors (Lipinski definition) is 1. The Balaban J connectivity index is 1.91. The summed E-state index contributed by atoms with van der Waals surface area (Å²) < 4.78 is 0. The summed E-state index contributed by atoms with van der Waals surface area (Å²) in [4.78, 5) is 2.74. The highest BCUT2D eigenvalue weighted by atomic mass is 15.2. The van der Waals surface area contributed by atoms with Crippen LogP contribution in [0.4, 0.5) is 0 Å². The van der Waals surface area contributed by atoms with Gasteiger partial charge in [-0.25, -0.2) is 0 Å². The zero-order valence-corrected chi connectivity index (χ0v) is 8.26. The molecule has 1 unspecified atom stereocenters. The van der Waals surface area contributed by atoms with Crippen LogP contribution < -0.4 is 0 Å². The van der Waals surface area contributed by atoms with Gasteiger partial charge < -0.3 is 4.90 Å². The van der Waals surface area contributed by atoms with E-state index < -0.39 is 0 Å². The van der Waals surface area contributed by atoms with E-state index >= 15 is 0 Å². The molecule has 0 aromatic carbocycles. The van der Waals surface area contributed by atoms with Gasteiger partial charge in [0.15, 0.2) is 0 Å². The smallest absolute Gasteiger partial charge is 0.0121 e. The molecule has 2 atom stereocenters. The number of rotatable bonds is 1. The van der Waals surface area contributed by atoms with Gasteiger partial charge in [0.25, 0.3) is 0 Å². The van der Waals surface area contributed by atoms with Crippen LogP contribution in [0.3, 0.4) is 0 Å². The summed E-state index contributed by atoms with van der Waals surface area (Å²) in [6, 6.07) is 0.946. The third kappa shape index (κ3) is 1.66. The third-order valence-electron chi connectivity index (χ3n) is 3.68. The maximum Gasteiger partial charge on any atom is 0.0121 e. The van der Waals surface area contributed by atoms with E-state index in [2.05, 4.69) is 11.8 Å². The summed E-state index contributed by atoms with van der Waals surface area (Å²) in [5.74, 6) is 0.969. The van der Waals surface area contributed by atoms with Crippen molar-refractivity contribution in [3.05, 3.63) is 0 Å². The average molecular weight is 167 g/mol. The van der Waals surface area contributed by atoms with Crippen molar-refractivity contribution in [1.82, 2.24) is 4.90 Å². The lowest BCUT2D eigenvalue weighted by Gasteiger charge is -2.36. The highest BCUT2D eigenvalue weighted by molar-refractivity contribution is 4.83. The average Bonchev–Trinajstić information content (AvgIpc) is 2.57. The first-order valence-electron chi connectivity index (χ1n) is 5.62. The molecule has 1 saturated heterocycles.